The number of hydrogen-bond acceptors (Lipinski definition) is 1. The van der Waals surface area contributed by atoms with Crippen molar-refractivity contribution in [2.24, 2.45) is 0 Å². The van der Waals surface area contributed by atoms with Gasteiger partial charge in [0, 0.05) is 11.3 Å². The first-order valence-electron chi connectivity index (χ1n) is 21.0. The number of rotatable bonds is 3. The van der Waals surface area contributed by atoms with Crippen molar-refractivity contribution in [3.8, 4) is 28.2 Å². The highest BCUT2D eigenvalue weighted by molar-refractivity contribution is 6.36. The summed E-state index contributed by atoms with van der Waals surface area (Å²) in [5.41, 5.74) is 6.48. The molecule has 2 heteroatoms. The molecule has 1 aromatic heterocycles. The molecule has 0 amide bonds. The Bertz CT molecular complexity index is 3960. The molecule has 2 nitrogen and oxygen atoms in total. The van der Waals surface area contributed by atoms with Crippen LogP contribution in [0.3, 0.4) is 0 Å². The average Bonchev–Trinajstić information content (AvgIpc) is 3.72. The van der Waals surface area contributed by atoms with Crippen LogP contribution in [-0.4, -0.2) is 9.55 Å². The number of imidazole rings is 1. The van der Waals surface area contributed by atoms with Crippen LogP contribution < -0.4 is 0 Å². The zero-order valence-corrected chi connectivity index (χ0v) is 33.2. The minimum absolute atomic E-state index is 0.929. The number of fused-ring (bicyclic) bond motifs is 12. The molecule has 282 valence electrons. The zero-order valence-electron chi connectivity index (χ0n) is 33.2. The molecule has 0 saturated heterocycles. The predicted octanol–water partition coefficient (Wildman–Crippen LogP) is 16.1. The van der Waals surface area contributed by atoms with Gasteiger partial charge < -0.3 is 0 Å². The number of benzene rings is 11. The Kier molecular flexibility index (Phi) is 7.34. The van der Waals surface area contributed by atoms with Crippen LogP contribution in [0.4, 0.5) is 0 Å². The second kappa shape index (κ2) is 13.2. The Labute approximate surface area is 351 Å². The summed E-state index contributed by atoms with van der Waals surface area (Å²) in [6.45, 7) is 0. The van der Waals surface area contributed by atoms with E-state index in [2.05, 4.69) is 223 Å². The van der Waals surface area contributed by atoms with Crippen LogP contribution in [0.5, 0.6) is 0 Å². The molecule has 0 spiro atoms. The molecule has 13 aromatic rings. The molecule has 0 radical (unpaired) electrons. The van der Waals surface area contributed by atoms with Crippen molar-refractivity contribution < 1.29 is 0 Å². The van der Waals surface area contributed by atoms with Gasteiger partial charge in [0.15, 0.2) is 0 Å². The predicted molar refractivity (Wildman–Crippen MR) is 261 cm³/mol. The third-order valence-corrected chi connectivity index (χ3v) is 12.9. The lowest BCUT2D eigenvalue weighted by Crippen LogP contribution is -1.97. The maximum Gasteiger partial charge on any atom is 0.145 e. The van der Waals surface area contributed by atoms with Gasteiger partial charge in [0.05, 0.1) is 11.0 Å². The molecular formula is C59H36N2. The molecule has 0 aliphatic heterocycles. The highest BCUT2D eigenvalue weighted by Crippen LogP contribution is 2.44. The Morgan fingerprint density at radius 2 is 0.803 bits per heavy atom. The second-order valence-electron chi connectivity index (χ2n) is 16.2. The lowest BCUT2D eigenvalue weighted by molar-refractivity contribution is 1.10. The Morgan fingerprint density at radius 1 is 0.279 bits per heavy atom. The first kappa shape index (κ1) is 33.9. The zero-order chi connectivity index (χ0) is 40.0. The van der Waals surface area contributed by atoms with Gasteiger partial charge >= 0.3 is 0 Å². The van der Waals surface area contributed by atoms with E-state index >= 15 is 0 Å². The molecule has 0 N–H and O–H groups in total. The third-order valence-electron chi connectivity index (χ3n) is 12.9. The smallest absolute Gasteiger partial charge is 0.145 e. The summed E-state index contributed by atoms with van der Waals surface area (Å²) in [6, 6.07) is 80.3. The van der Waals surface area contributed by atoms with Gasteiger partial charge in [0.25, 0.3) is 0 Å². The van der Waals surface area contributed by atoms with Crippen LogP contribution in [0.25, 0.3) is 125 Å². The van der Waals surface area contributed by atoms with Crippen LogP contribution in [0.2, 0.25) is 0 Å². The number of para-hydroxylation sites is 1. The van der Waals surface area contributed by atoms with Gasteiger partial charge in [-0.05, 0) is 134 Å². The minimum atomic E-state index is 0.929. The maximum atomic E-state index is 5.34. The summed E-state index contributed by atoms with van der Waals surface area (Å²) < 4.78 is 2.28. The number of aromatic nitrogens is 2. The van der Waals surface area contributed by atoms with Crippen molar-refractivity contribution in [2.75, 3.05) is 0 Å². The summed E-state index contributed by atoms with van der Waals surface area (Å²) in [4.78, 5) is 5.34. The van der Waals surface area contributed by atoms with Crippen LogP contribution in [-0.2, 0) is 0 Å². The lowest BCUT2D eigenvalue weighted by atomic mass is 9.87. The summed E-state index contributed by atoms with van der Waals surface area (Å²) in [5, 5.41) is 20.0. The molecule has 0 bridgehead atoms. The fraction of sp³-hybridized carbons (Fsp3) is 0. The fourth-order valence-electron chi connectivity index (χ4n) is 10.2. The average molecular weight is 773 g/mol. The molecular weight excluding hydrogens is 737 g/mol. The van der Waals surface area contributed by atoms with E-state index in [-0.39, 0.29) is 0 Å². The van der Waals surface area contributed by atoms with Gasteiger partial charge in [-0.2, -0.15) is 0 Å². The number of hydrogen-bond donors (Lipinski definition) is 0. The van der Waals surface area contributed by atoms with E-state index in [1.165, 1.54) is 86.2 Å². The van der Waals surface area contributed by atoms with Crippen LogP contribution >= 0.6 is 0 Å². The van der Waals surface area contributed by atoms with E-state index in [0.29, 0.717) is 0 Å². The van der Waals surface area contributed by atoms with Gasteiger partial charge in [-0.1, -0.05) is 182 Å². The molecule has 1 heterocycles. The molecule has 12 aromatic carbocycles. The summed E-state index contributed by atoms with van der Waals surface area (Å²) in [6.07, 6.45) is 0. The van der Waals surface area contributed by atoms with Gasteiger partial charge in [0.1, 0.15) is 5.82 Å². The maximum absolute atomic E-state index is 5.34. The lowest BCUT2D eigenvalue weighted by Gasteiger charge is -2.16. The van der Waals surface area contributed by atoms with Crippen molar-refractivity contribution in [1.82, 2.24) is 9.55 Å². The van der Waals surface area contributed by atoms with Gasteiger partial charge in [-0.15, -0.1) is 0 Å². The molecule has 0 unspecified atom stereocenters. The minimum Gasteiger partial charge on any atom is -0.292 e. The first-order chi connectivity index (χ1) is 30.3. The normalized spacial score (nSPS) is 11.9. The molecule has 0 saturated carbocycles. The van der Waals surface area contributed by atoms with Crippen LogP contribution in [0, 0.1) is 0 Å². The molecule has 0 aliphatic carbocycles. The second-order valence-corrected chi connectivity index (χ2v) is 16.2. The summed E-state index contributed by atoms with van der Waals surface area (Å²) >= 11 is 0. The van der Waals surface area contributed by atoms with Crippen molar-refractivity contribution in [3.05, 3.63) is 218 Å². The van der Waals surface area contributed by atoms with Crippen molar-refractivity contribution in [1.29, 1.82) is 0 Å². The van der Waals surface area contributed by atoms with E-state index in [4.69, 9.17) is 4.98 Å². The van der Waals surface area contributed by atoms with E-state index in [1.54, 1.807) is 0 Å². The quantitative estimate of drug-likeness (QED) is 0.164. The summed E-state index contributed by atoms with van der Waals surface area (Å²) in [5.74, 6) is 0.929. The summed E-state index contributed by atoms with van der Waals surface area (Å²) in [7, 11) is 0. The molecule has 13 rings (SSSR count). The Balaban J connectivity index is 1.20. The molecule has 0 aliphatic rings. The Morgan fingerprint density at radius 3 is 1.49 bits per heavy atom. The highest BCUT2D eigenvalue weighted by Gasteiger charge is 2.18. The van der Waals surface area contributed by atoms with E-state index in [0.717, 1.165) is 39.2 Å². The fourth-order valence-corrected chi connectivity index (χ4v) is 10.2. The van der Waals surface area contributed by atoms with Crippen LogP contribution in [0.1, 0.15) is 0 Å². The number of nitrogens with zero attached hydrogens (tertiary/aromatic N) is 2. The van der Waals surface area contributed by atoms with Crippen molar-refractivity contribution >= 4 is 97.2 Å². The van der Waals surface area contributed by atoms with Gasteiger partial charge in [-0.25, -0.2) is 4.98 Å². The first-order valence-corrected chi connectivity index (χ1v) is 21.0. The highest BCUT2D eigenvalue weighted by atomic mass is 15.1. The molecule has 0 fully saturated rings. The monoisotopic (exact) mass is 772 g/mol. The van der Waals surface area contributed by atoms with Crippen molar-refractivity contribution in [2.45, 2.75) is 0 Å². The SMILES string of the molecule is c1ccc(-c2nc3cc(-c4ccc5c6ccccc6c6ccccc6c6ccccc6c6c(cc7ccc8cccc9ccc6c7c89)c5c4)ccc3n2-c2ccccc2)cc1. The van der Waals surface area contributed by atoms with Crippen molar-refractivity contribution in [3.63, 3.8) is 0 Å². The van der Waals surface area contributed by atoms with E-state index in [1.807, 2.05) is 0 Å². The van der Waals surface area contributed by atoms with Gasteiger partial charge in [-0.3, -0.25) is 4.57 Å². The van der Waals surface area contributed by atoms with Gasteiger partial charge in [0.2, 0.25) is 0 Å². The third kappa shape index (κ3) is 5.13. The Hall–Kier alpha value is -8.07. The largest absolute Gasteiger partial charge is 0.292 e. The molecule has 0 atom stereocenters. The topological polar surface area (TPSA) is 17.8 Å². The standard InChI is InChI=1S/C59H36N2/c1-3-14-39(15-4-1)59-60-54-36-41(30-33-55(54)61(59)43-18-5-2-6-19-43)40-29-31-49-47-23-10-8-21-45(47)44-20-7-9-22-46(44)48-24-11-12-25-50(48)58-51-32-28-38-17-13-16-37-26-27-42(57(51)56(37)38)35-53(58)52(49)34-40/h1-36H. The van der Waals surface area contributed by atoms with E-state index in [9.17, 15) is 0 Å². The van der Waals surface area contributed by atoms with E-state index < -0.39 is 0 Å². The van der Waals surface area contributed by atoms with Crippen LogP contribution in [0.15, 0.2) is 218 Å². The molecule has 61 heavy (non-hydrogen) atoms.